The van der Waals surface area contributed by atoms with Crippen LogP contribution >= 0.6 is 15.9 Å². The van der Waals surface area contributed by atoms with Crippen LogP contribution in [-0.4, -0.2) is 11.3 Å². The summed E-state index contributed by atoms with van der Waals surface area (Å²) in [5.74, 6) is -0.233. The minimum Gasteiger partial charge on any atom is -0.406 e. The number of ether oxygens (including phenoxy) is 1. The van der Waals surface area contributed by atoms with Gasteiger partial charge in [0.05, 0.1) is 5.69 Å². The van der Waals surface area contributed by atoms with Crippen molar-refractivity contribution in [2.75, 3.05) is 5.32 Å². The number of pyridine rings is 1. The van der Waals surface area contributed by atoms with Crippen molar-refractivity contribution in [3.8, 4) is 5.75 Å². The van der Waals surface area contributed by atoms with Crippen molar-refractivity contribution in [2.24, 2.45) is 0 Å². The van der Waals surface area contributed by atoms with Crippen molar-refractivity contribution in [2.45, 2.75) is 12.9 Å². The summed E-state index contributed by atoms with van der Waals surface area (Å²) in [5.41, 5.74) is 1.64. The third-order valence-electron chi connectivity index (χ3n) is 2.40. The number of alkyl halides is 3. The molecule has 0 aliphatic heterocycles. The number of nitrogens with one attached hydrogen (secondary N) is 1. The molecule has 20 heavy (non-hydrogen) atoms. The van der Waals surface area contributed by atoms with E-state index < -0.39 is 6.36 Å². The smallest absolute Gasteiger partial charge is 0.406 e. The highest BCUT2D eigenvalue weighted by Crippen LogP contribution is 2.23. The summed E-state index contributed by atoms with van der Waals surface area (Å²) in [6.07, 6.45) is -3.02. The van der Waals surface area contributed by atoms with E-state index in [2.05, 4.69) is 31.0 Å². The predicted molar refractivity (Wildman–Crippen MR) is 72.4 cm³/mol. The Kier molecular flexibility index (Phi) is 4.49. The van der Waals surface area contributed by atoms with Gasteiger partial charge >= 0.3 is 6.36 Å². The standard InChI is InChI=1S/C13H10BrF3N2O/c14-12-11(2-1-7-18-12)19-8-9-3-5-10(6-4-9)20-13(15,16)17/h1-7,19H,8H2. The summed E-state index contributed by atoms with van der Waals surface area (Å²) < 4.78 is 40.5. The number of benzene rings is 1. The summed E-state index contributed by atoms with van der Waals surface area (Å²) in [7, 11) is 0. The first-order valence-electron chi connectivity index (χ1n) is 5.63. The second kappa shape index (κ2) is 6.13. The first-order chi connectivity index (χ1) is 9.44. The minimum absolute atomic E-state index is 0.233. The Bertz CT molecular complexity index is 573. The highest BCUT2D eigenvalue weighted by molar-refractivity contribution is 9.10. The average molecular weight is 347 g/mol. The van der Waals surface area contributed by atoms with E-state index in [-0.39, 0.29) is 5.75 Å². The Balaban J connectivity index is 1.96. The molecule has 1 aromatic heterocycles. The number of aromatic nitrogens is 1. The van der Waals surface area contributed by atoms with Crippen LogP contribution in [0.4, 0.5) is 18.9 Å². The molecule has 0 spiro atoms. The van der Waals surface area contributed by atoms with E-state index in [1.165, 1.54) is 12.1 Å². The molecule has 0 fully saturated rings. The molecule has 2 rings (SSSR count). The molecule has 0 atom stereocenters. The summed E-state index contributed by atoms with van der Waals surface area (Å²) in [6, 6.07) is 9.33. The average Bonchev–Trinajstić information content (AvgIpc) is 2.38. The molecule has 0 saturated heterocycles. The zero-order chi connectivity index (χ0) is 14.6. The van der Waals surface area contributed by atoms with E-state index in [0.717, 1.165) is 11.3 Å². The van der Waals surface area contributed by atoms with Crippen LogP contribution in [0.3, 0.4) is 0 Å². The van der Waals surface area contributed by atoms with Gasteiger partial charge in [-0.3, -0.25) is 0 Å². The number of hydrogen-bond donors (Lipinski definition) is 1. The lowest BCUT2D eigenvalue weighted by Crippen LogP contribution is -2.17. The van der Waals surface area contributed by atoms with Gasteiger partial charge in [-0.05, 0) is 45.8 Å². The molecule has 1 heterocycles. The highest BCUT2D eigenvalue weighted by Gasteiger charge is 2.30. The van der Waals surface area contributed by atoms with Gasteiger partial charge < -0.3 is 10.1 Å². The third-order valence-corrected chi connectivity index (χ3v) is 3.03. The van der Waals surface area contributed by atoms with Crippen LogP contribution in [0.1, 0.15) is 5.56 Å². The number of hydrogen-bond acceptors (Lipinski definition) is 3. The second-order valence-electron chi connectivity index (χ2n) is 3.89. The number of nitrogens with zero attached hydrogens (tertiary/aromatic N) is 1. The first-order valence-corrected chi connectivity index (χ1v) is 6.42. The Morgan fingerprint density at radius 1 is 1.15 bits per heavy atom. The SMILES string of the molecule is FC(F)(F)Oc1ccc(CNc2cccnc2Br)cc1. The molecule has 0 aliphatic rings. The Labute approximate surface area is 121 Å². The van der Waals surface area contributed by atoms with Crippen LogP contribution in [0, 0.1) is 0 Å². The molecule has 0 bridgehead atoms. The molecular formula is C13H10BrF3N2O. The number of rotatable bonds is 4. The lowest BCUT2D eigenvalue weighted by atomic mass is 10.2. The van der Waals surface area contributed by atoms with Gasteiger partial charge in [0, 0.05) is 12.7 Å². The van der Waals surface area contributed by atoms with E-state index >= 15 is 0 Å². The second-order valence-corrected chi connectivity index (χ2v) is 4.64. The van der Waals surface area contributed by atoms with Crippen molar-refractivity contribution in [1.29, 1.82) is 0 Å². The van der Waals surface area contributed by atoms with Crippen LogP contribution in [0.25, 0.3) is 0 Å². The number of halogens is 4. The van der Waals surface area contributed by atoms with Gasteiger partial charge in [0.2, 0.25) is 0 Å². The van der Waals surface area contributed by atoms with Crippen LogP contribution in [0.15, 0.2) is 47.2 Å². The van der Waals surface area contributed by atoms with E-state index in [4.69, 9.17) is 0 Å². The summed E-state index contributed by atoms with van der Waals surface area (Å²) in [4.78, 5) is 4.05. The molecule has 0 aliphatic carbocycles. The molecule has 3 nitrogen and oxygen atoms in total. The Hall–Kier alpha value is -1.76. The lowest BCUT2D eigenvalue weighted by Gasteiger charge is -2.10. The van der Waals surface area contributed by atoms with Gasteiger partial charge in [-0.2, -0.15) is 0 Å². The Morgan fingerprint density at radius 2 is 1.85 bits per heavy atom. The van der Waals surface area contributed by atoms with Gasteiger partial charge in [-0.25, -0.2) is 4.98 Å². The largest absolute Gasteiger partial charge is 0.573 e. The molecule has 1 N–H and O–H groups in total. The van der Waals surface area contributed by atoms with Crippen LogP contribution in [0.5, 0.6) is 5.75 Å². The highest BCUT2D eigenvalue weighted by atomic mass is 79.9. The zero-order valence-electron chi connectivity index (χ0n) is 10.1. The molecule has 1 aromatic carbocycles. The third kappa shape index (κ3) is 4.41. The van der Waals surface area contributed by atoms with E-state index in [9.17, 15) is 13.2 Å². The van der Waals surface area contributed by atoms with Crippen LogP contribution in [-0.2, 0) is 6.54 Å². The molecule has 0 saturated carbocycles. The van der Waals surface area contributed by atoms with Crippen molar-refractivity contribution in [3.05, 3.63) is 52.8 Å². The van der Waals surface area contributed by atoms with Crippen molar-refractivity contribution in [1.82, 2.24) is 4.98 Å². The quantitative estimate of drug-likeness (QED) is 0.835. The molecular weight excluding hydrogens is 337 g/mol. The minimum atomic E-state index is -4.67. The Morgan fingerprint density at radius 3 is 2.45 bits per heavy atom. The van der Waals surface area contributed by atoms with Crippen molar-refractivity contribution < 1.29 is 17.9 Å². The fraction of sp³-hybridized carbons (Fsp3) is 0.154. The van der Waals surface area contributed by atoms with Gasteiger partial charge in [0.25, 0.3) is 0 Å². The summed E-state index contributed by atoms with van der Waals surface area (Å²) in [6.45, 7) is 0.469. The van der Waals surface area contributed by atoms with Gasteiger partial charge in [0.15, 0.2) is 0 Å². The van der Waals surface area contributed by atoms with Crippen LogP contribution in [0.2, 0.25) is 0 Å². The fourth-order valence-electron chi connectivity index (χ4n) is 1.52. The summed E-state index contributed by atoms with van der Waals surface area (Å²) >= 11 is 3.30. The first kappa shape index (κ1) is 14.6. The monoisotopic (exact) mass is 346 g/mol. The molecule has 0 unspecified atom stereocenters. The van der Waals surface area contributed by atoms with E-state index in [0.29, 0.717) is 11.1 Å². The van der Waals surface area contributed by atoms with Gasteiger partial charge in [-0.15, -0.1) is 13.2 Å². The van der Waals surface area contributed by atoms with Crippen molar-refractivity contribution >= 4 is 21.6 Å². The fourth-order valence-corrected chi connectivity index (χ4v) is 1.91. The molecule has 0 radical (unpaired) electrons. The van der Waals surface area contributed by atoms with E-state index in [1.807, 2.05) is 6.07 Å². The maximum Gasteiger partial charge on any atom is 0.573 e. The number of anilines is 1. The van der Waals surface area contributed by atoms with Crippen molar-refractivity contribution in [3.63, 3.8) is 0 Å². The molecule has 2 aromatic rings. The molecule has 7 heteroatoms. The van der Waals surface area contributed by atoms with Crippen LogP contribution < -0.4 is 10.1 Å². The summed E-state index contributed by atoms with van der Waals surface area (Å²) in [5, 5.41) is 3.12. The lowest BCUT2D eigenvalue weighted by molar-refractivity contribution is -0.274. The maximum absolute atomic E-state index is 12.0. The van der Waals surface area contributed by atoms with E-state index in [1.54, 1.807) is 24.4 Å². The van der Waals surface area contributed by atoms with Gasteiger partial charge in [-0.1, -0.05) is 12.1 Å². The topological polar surface area (TPSA) is 34.1 Å². The zero-order valence-corrected chi connectivity index (χ0v) is 11.7. The molecule has 0 amide bonds. The normalized spacial score (nSPS) is 11.2. The van der Waals surface area contributed by atoms with Gasteiger partial charge in [0.1, 0.15) is 10.4 Å². The predicted octanol–water partition coefficient (Wildman–Crippen LogP) is 4.35. The molecule has 106 valence electrons. The maximum atomic E-state index is 12.0.